The monoisotopic (exact) mass is 443 g/mol. The molecule has 7 heteroatoms. The molecule has 0 spiro atoms. The summed E-state index contributed by atoms with van der Waals surface area (Å²) in [5.74, 6) is -0.607. The van der Waals surface area contributed by atoms with E-state index >= 15 is 0 Å². The molecule has 0 N–H and O–H groups in total. The Morgan fingerprint density at radius 1 is 0.938 bits per heavy atom. The number of hydrogen-bond donors (Lipinski definition) is 0. The highest BCUT2D eigenvalue weighted by Crippen LogP contribution is 2.29. The molecular weight excluding hydrogens is 422 g/mol. The number of nitrogens with zero attached hydrogens (tertiary/aromatic N) is 3. The molecule has 1 amide bonds. The summed E-state index contributed by atoms with van der Waals surface area (Å²) in [4.78, 5) is 35.3. The van der Waals surface area contributed by atoms with Crippen molar-refractivity contribution >= 4 is 34.0 Å². The summed E-state index contributed by atoms with van der Waals surface area (Å²) in [6.45, 7) is 3.29. The minimum Gasteiger partial charge on any atom is -0.455 e. The van der Waals surface area contributed by atoms with Crippen LogP contribution in [-0.2, 0) is 16.1 Å². The van der Waals surface area contributed by atoms with Crippen molar-refractivity contribution in [2.45, 2.75) is 20.5 Å². The van der Waals surface area contributed by atoms with Gasteiger partial charge in [-0.25, -0.2) is 9.78 Å². The Morgan fingerprint density at radius 2 is 1.62 bits per heavy atom. The third kappa shape index (κ3) is 4.73. The average molecular weight is 444 g/mol. The minimum absolute atomic E-state index is 0.00967. The van der Waals surface area contributed by atoms with E-state index in [1.807, 2.05) is 66.7 Å². The quantitative estimate of drug-likeness (QED) is 0.365. The molecule has 4 rings (SSSR count). The minimum atomic E-state index is -0.462. The van der Waals surface area contributed by atoms with E-state index in [0.717, 1.165) is 16.9 Å². The number of hydrogen-bond acceptors (Lipinski definition) is 6. The van der Waals surface area contributed by atoms with Crippen LogP contribution in [0.4, 0.5) is 10.8 Å². The Balaban J connectivity index is 1.45. The third-order valence-electron chi connectivity index (χ3n) is 4.79. The second-order valence-corrected chi connectivity index (χ2v) is 7.92. The molecule has 2 aromatic heterocycles. The number of aryl methyl sites for hydroxylation is 1. The number of anilines is 2. The van der Waals surface area contributed by atoms with Crippen LogP contribution in [0.5, 0.6) is 0 Å². The lowest BCUT2D eigenvalue weighted by atomic mass is 10.1. The predicted octanol–water partition coefficient (Wildman–Crippen LogP) is 5.56. The molecule has 0 bridgehead atoms. The lowest BCUT2D eigenvalue weighted by Gasteiger charge is -2.17. The summed E-state index contributed by atoms with van der Waals surface area (Å²) in [7, 11) is 0. The Hall–Kier alpha value is -3.84. The topological polar surface area (TPSA) is 72.4 Å². The fourth-order valence-corrected chi connectivity index (χ4v) is 4.10. The molecule has 4 aromatic rings. The normalized spacial score (nSPS) is 10.6. The number of benzene rings is 2. The van der Waals surface area contributed by atoms with Crippen LogP contribution in [0, 0.1) is 6.92 Å². The zero-order valence-electron chi connectivity index (χ0n) is 17.7. The summed E-state index contributed by atoms with van der Waals surface area (Å²) in [5.41, 5.74) is 4.11. The molecule has 0 atom stereocenters. The molecule has 0 saturated carbocycles. The molecule has 0 saturated heterocycles. The first kappa shape index (κ1) is 21.4. The molecule has 2 heterocycles. The lowest BCUT2D eigenvalue weighted by molar-refractivity contribution is -0.115. The van der Waals surface area contributed by atoms with Crippen molar-refractivity contribution in [1.82, 2.24) is 9.97 Å². The molecule has 0 aliphatic heterocycles. The van der Waals surface area contributed by atoms with Crippen LogP contribution >= 0.6 is 11.3 Å². The Bertz CT molecular complexity index is 1240. The summed E-state index contributed by atoms with van der Waals surface area (Å²) in [6.07, 6.45) is 0. The molecular formula is C25H21N3O3S. The molecule has 160 valence electrons. The molecule has 0 radical (unpaired) electrons. The van der Waals surface area contributed by atoms with E-state index in [-0.39, 0.29) is 12.5 Å². The highest BCUT2D eigenvalue weighted by Gasteiger charge is 2.19. The molecule has 2 aromatic carbocycles. The highest BCUT2D eigenvalue weighted by molar-refractivity contribution is 7.14. The first-order chi connectivity index (χ1) is 15.5. The SMILES string of the molecule is CC(=O)N(c1ccccc1)c1nc(COC(=O)c2ccc(-c3ccccc3)nc2C)cs1. The summed E-state index contributed by atoms with van der Waals surface area (Å²) < 4.78 is 5.46. The van der Waals surface area contributed by atoms with Crippen LogP contribution in [-0.4, -0.2) is 21.8 Å². The number of esters is 1. The van der Waals surface area contributed by atoms with E-state index in [1.54, 1.807) is 18.4 Å². The molecule has 32 heavy (non-hydrogen) atoms. The van der Waals surface area contributed by atoms with E-state index in [9.17, 15) is 9.59 Å². The maximum Gasteiger partial charge on any atom is 0.340 e. The van der Waals surface area contributed by atoms with Gasteiger partial charge in [0.2, 0.25) is 5.91 Å². The largest absolute Gasteiger partial charge is 0.455 e. The molecule has 6 nitrogen and oxygen atoms in total. The Morgan fingerprint density at radius 3 is 2.28 bits per heavy atom. The van der Waals surface area contributed by atoms with Gasteiger partial charge in [0.25, 0.3) is 0 Å². The number of carbonyl (C=O) groups excluding carboxylic acids is 2. The number of ether oxygens (including phenoxy) is 1. The maximum atomic E-state index is 12.6. The van der Waals surface area contributed by atoms with E-state index < -0.39 is 5.97 Å². The second kappa shape index (κ2) is 9.53. The van der Waals surface area contributed by atoms with E-state index in [1.165, 1.54) is 23.2 Å². The number of amides is 1. The zero-order valence-corrected chi connectivity index (χ0v) is 18.5. The van der Waals surface area contributed by atoms with Crippen molar-refractivity contribution in [2.24, 2.45) is 0 Å². The maximum absolute atomic E-state index is 12.6. The third-order valence-corrected chi connectivity index (χ3v) is 5.66. The zero-order chi connectivity index (χ0) is 22.5. The van der Waals surface area contributed by atoms with Gasteiger partial charge in [0.05, 0.1) is 28.3 Å². The lowest BCUT2D eigenvalue weighted by Crippen LogP contribution is -2.22. The smallest absolute Gasteiger partial charge is 0.340 e. The van der Waals surface area contributed by atoms with Gasteiger partial charge in [-0.05, 0) is 31.2 Å². The first-order valence-electron chi connectivity index (χ1n) is 10.0. The highest BCUT2D eigenvalue weighted by atomic mass is 32.1. The summed E-state index contributed by atoms with van der Waals surface area (Å²) >= 11 is 1.32. The van der Waals surface area contributed by atoms with Crippen molar-refractivity contribution in [3.05, 3.63) is 95.1 Å². The number of carbonyl (C=O) groups is 2. The van der Waals surface area contributed by atoms with Crippen LogP contribution in [0.3, 0.4) is 0 Å². The fraction of sp³-hybridized carbons (Fsp3) is 0.120. The van der Waals surface area contributed by atoms with Crippen molar-refractivity contribution in [3.63, 3.8) is 0 Å². The summed E-state index contributed by atoms with van der Waals surface area (Å²) in [6, 6.07) is 22.6. The number of thiazole rings is 1. The fourth-order valence-electron chi connectivity index (χ4n) is 3.23. The van der Waals surface area contributed by atoms with Gasteiger partial charge in [0.1, 0.15) is 6.61 Å². The standard InChI is InChI=1S/C25H21N3O3S/c1-17-22(13-14-23(26-17)19-9-5-3-6-10-19)24(30)31-15-20-16-32-25(27-20)28(18(2)29)21-11-7-4-8-12-21/h3-14,16H,15H2,1-2H3. The van der Waals surface area contributed by atoms with Gasteiger partial charge in [-0.15, -0.1) is 11.3 Å². The first-order valence-corrected chi connectivity index (χ1v) is 10.9. The second-order valence-electron chi connectivity index (χ2n) is 7.08. The predicted molar refractivity (Wildman–Crippen MR) is 125 cm³/mol. The van der Waals surface area contributed by atoms with Crippen LogP contribution in [0.2, 0.25) is 0 Å². The van der Waals surface area contributed by atoms with Crippen LogP contribution in [0.1, 0.15) is 28.7 Å². The van der Waals surface area contributed by atoms with Crippen molar-refractivity contribution in [1.29, 1.82) is 0 Å². The Kier molecular flexibility index (Phi) is 6.37. The van der Waals surface area contributed by atoms with E-state index in [4.69, 9.17) is 4.74 Å². The van der Waals surface area contributed by atoms with E-state index in [2.05, 4.69) is 9.97 Å². The molecule has 0 unspecified atom stereocenters. The van der Waals surface area contributed by atoms with Gasteiger partial charge in [-0.3, -0.25) is 14.7 Å². The summed E-state index contributed by atoms with van der Waals surface area (Å²) in [5, 5.41) is 2.31. The van der Waals surface area contributed by atoms with Crippen LogP contribution in [0.25, 0.3) is 11.3 Å². The van der Waals surface area contributed by atoms with Crippen molar-refractivity contribution in [2.75, 3.05) is 4.90 Å². The number of aromatic nitrogens is 2. The van der Waals surface area contributed by atoms with Gasteiger partial charge in [-0.1, -0.05) is 48.5 Å². The van der Waals surface area contributed by atoms with Gasteiger partial charge in [0.15, 0.2) is 5.13 Å². The molecule has 0 fully saturated rings. The van der Waals surface area contributed by atoms with Crippen LogP contribution in [0.15, 0.2) is 78.2 Å². The van der Waals surface area contributed by atoms with E-state index in [0.29, 0.717) is 22.1 Å². The van der Waals surface area contributed by atoms with Crippen molar-refractivity contribution in [3.8, 4) is 11.3 Å². The van der Waals surface area contributed by atoms with Crippen LogP contribution < -0.4 is 4.90 Å². The molecule has 0 aliphatic rings. The average Bonchev–Trinajstić information content (AvgIpc) is 3.27. The van der Waals surface area contributed by atoms with Gasteiger partial charge in [-0.2, -0.15) is 0 Å². The van der Waals surface area contributed by atoms with Gasteiger partial charge < -0.3 is 4.74 Å². The number of para-hydroxylation sites is 1. The number of rotatable bonds is 6. The molecule has 0 aliphatic carbocycles. The Labute approximate surface area is 190 Å². The van der Waals surface area contributed by atoms with Gasteiger partial charge >= 0.3 is 5.97 Å². The van der Waals surface area contributed by atoms with Gasteiger partial charge in [0, 0.05) is 17.9 Å². The van der Waals surface area contributed by atoms with Crippen molar-refractivity contribution < 1.29 is 14.3 Å². The number of pyridine rings is 1.